The van der Waals surface area contributed by atoms with E-state index in [0.717, 1.165) is 23.5 Å². The Hall–Kier alpha value is -2.74. The highest BCUT2D eigenvalue weighted by molar-refractivity contribution is 8.00. The maximum absolute atomic E-state index is 13.7. The van der Waals surface area contributed by atoms with E-state index in [1.807, 2.05) is 41.8 Å². The third-order valence-corrected chi connectivity index (χ3v) is 5.01. The van der Waals surface area contributed by atoms with Gasteiger partial charge in [0.25, 0.3) is 0 Å². The highest BCUT2D eigenvalue weighted by Gasteiger charge is 2.20. The van der Waals surface area contributed by atoms with Crippen LogP contribution in [0.3, 0.4) is 0 Å². The molecule has 1 amide bonds. The van der Waals surface area contributed by atoms with E-state index in [1.54, 1.807) is 6.92 Å². The summed E-state index contributed by atoms with van der Waals surface area (Å²) >= 11 is 1.23. The topological polar surface area (TPSA) is 59.8 Å². The molecule has 0 aliphatic heterocycles. The molecule has 0 radical (unpaired) electrons. The molecular formula is C19H18F2N4OS. The first-order valence-corrected chi connectivity index (χ1v) is 9.18. The summed E-state index contributed by atoms with van der Waals surface area (Å²) in [6.45, 7) is 4.12. The number of thioether (sulfide) groups is 1. The number of aromatic nitrogens is 3. The van der Waals surface area contributed by atoms with Crippen molar-refractivity contribution < 1.29 is 13.6 Å². The number of anilines is 1. The van der Waals surface area contributed by atoms with Gasteiger partial charge in [0, 0.05) is 6.07 Å². The van der Waals surface area contributed by atoms with Crippen LogP contribution in [-0.2, 0) is 11.3 Å². The van der Waals surface area contributed by atoms with Crippen molar-refractivity contribution in [1.82, 2.24) is 14.8 Å². The number of carbonyl (C=O) groups excluding carboxylic acids is 1. The summed E-state index contributed by atoms with van der Waals surface area (Å²) in [7, 11) is 0. The van der Waals surface area contributed by atoms with E-state index in [-0.39, 0.29) is 5.69 Å². The third-order valence-electron chi connectivity index (χ3n) is 3.93. The van der Waals surface area contributed by atoms with Crippen molar-refractivity contribution >= 4 is 23.4 Å². The van der Waals surface area contributed by atoms with Crippen LogP contribution >= 0.6 is 11.8 Å². The van der Waals surface area contributed by atoms with Crippen LogP contribution in [-0.4, -0.2) is 25.9 Å². The Balaban J connectivity index is 1.70. The van der Waals surface area contributed by atoms with Gasteiger partial charge in [-0.2, -0.15) is 0 Å². The molecule has 0 spiro atoms. The fourth-order valence-electron chi connectivity index (χ4n) is 2.43. The summed E-state index contributed by atoms with van der Waals surface area (Å²) in [5.41, 5.74) is 1.03. The summed E-state index contributed by atoms with van der Waals surface area (Å²) in [6, 6.07) is 12.9. The Kier molecular flexibility index (Phi) is 5.85. The fourth-order valence-corrected chi connectivity index (χ4v) is 3.33. The second-order valence-electron chi connectivity index (χ2n) is 5.98. The average molecular weight is 388 g/mol. The Labute approximate surface area is 159 Å². The number of hydrogen-bond acceptors (Lipinski definition) is 4. The predicted octanol–water partition coefficient (Wildman–Crippen LogP) is 4.03. The van der Waals surface area contributed by atoms with Gasteiger partial charge in [0.15, 0.2) is 5.16 Å². The van der Waals surface area contributed by atoms with Crippen molar-refractivity contribution in [2.24, 2.45) is 0 Å². The van der Waals surface area contributed by atoms with E-state index < -0.39 is 22.8 Å². The molecule has 0 bridgehead atoms. The Morgan fingerprint density at radius 3 is 2.63 bits per heavy atom. The van der Waals surface area contributed by atoms with Crippen LogP contribution in [0.5, 0.6) is 0 Å². The smallest absolute Gasteiger partial charge is 0.237 e. The van der Waals surface area contributed by atoms with E-state index in [4.69, 9.17) is 0 Å². The monoisotopic (exact) mass is 388 g/mol. The molecule has 3 rings (SSSR count). The Bertz CT molecular complexity index is 946. The summed E-state index contributed by atoms with van der Waals surface area (Å²) in [4.78, 5) is 12.4. The SMILES string of the molecule is Cc1nnc(S[C@@H](C)C(=O)Nc2ccc(F)cc2F)n1Cc1ccccc1. The number of nitrogens with one attached hydrogen (secondary N) is 1. The second-order valence-corrected chi connectivity index (χ2v) is 7.28. The summed E-state index contributed by atoms with van der Waals surface area (Å²) in [6.07, 6.45) is 0. The molecule has 0 fully saturated rings. The maximum atomic E-state index is 13.7. The van der Waals surface area contributed by atoms with Crippen LogP contribution in [0.1, 0.15) is 18.3 Å². The van der Waals surface area contributed by atoms with E-state index in [1.165, 1.54) is 17.8 Å². The van der Waals surface area contributed by atoms with Gasteiger partial charge in [-0.15, -0.1) is 10.2 Å². The number of benzene rings is 2. The standard InChI is InChI=1S/C19H18F2N4OS/c1-12(18(26)22-17-9-8-15(20)10-16(17)21)27-19-24-23-13(2)25(19)11-14-6-4-3-5-7-14/h3-10,12H,11H2,1-2H3,(H,22,26)/t12-/m0/s1. The van der Waals surface area contributed by atoms with Gasteiger partial charge in [-0.25, -0.2) is 8.78 Å². The minimum absolute atomic E-state index is 0.0595. The first-order chi connectivity index (χ1) is 12.9. The van der Waals surface area contributed by atoms with Gasteiger partial charge < -0.3 is 9.88 Å². The lowest BCUT2D eigenvalue weighted by Gasteiger charge is -2.13. The molecule has 8 heteroatoms. The maximum Gasteiger partial charge on any atom is 0.237 e. The lowest BCUT2D eigenvalue weighted by Crippen LogP contribution is -2.23. The molecule has 2 aromatic carbocycles. The van der Waals surface area contributed by atoms with Gasteiger partial charge in [-0.05, 0) is 31.5 Å². The zero-order chi connectivity index (χ0) is 19.4. The van der Waals surface area contributed by atoms with Crippen LogP contribution in [0.2, 0.25) is 0 Å². The zero-order valence-corrected chi connectivity index (χ0v) is 15.6. The lowest BCUT2D eigenvalue weighted by atomic mass is 10.2. The molecule has 140 valence electrons. The molecule has 5 nitrogen and oxygen atoms in total. The van der Waals surface area contributed by atoms with Gasteiger partial charge in [0.05, 0.1) is 17.5 Å². The molecule has 1 N–H and O–H groups in total. The average Bonchev–Trinajstić information content (AvgIpc) is 2.98. The highest BCUT2D eigenvalue weighted by atomic mass is 32.2. The van der Waals surface area contributed by atoms with Crippen LogP contribution in [0.25, 0.3) is 0 Å². The van der Waals surface area contributed by atoms with E-state index >= 15 is 0 Å². The van der Waals surface area contributed by atoms with E-state index in [2.05, 4.69) is 15.5 Å². The van der Waals surface area contributed by atoms with Crippen LogP contribution < -0.4 is 5.32 Å². The van der Waals surface area contributed by atoms with Gasteiger partial charge >= 0.3 is 0 Å². The van der Waals surface area contributed by atoms with Crippen molar-refractivity contribution in [2.45, 2.75) is 30.8 Å². The number of rotatable bonds is 6. The highest BCUT2D eigenvalue weighted by Crippen LogP contribution is 2.25. The largest absolute Gasteiger partial charge is 0.323 e. The van der Waals surface area contributed by atoms with Gasteiger partial charge in [0.2, 0.25) is 5.91 Å². The molecule has 1 heterocycles. The lowest BCUT2D eigenvalue weighted by molar-refractivity contribution is -0.115. The molecule has 27 heavy (non-hydrogen) atoms. The van der Waals surface area contributed by atoms with Crippen molar-refractivity contribution in [3.05, 3.63) is 71.6 Å². The molecule has 0 saturated carbocycles. The third kappa shape index (κ3) is 4.71. The first kappa shape index (κ1) is 19.0. The number of hydrogen-bond donors (Lipinski definition) is 1. The van der Waals surface area contributed by atoms with Gasteiger partial charge in [0.1, 0.15) is 17.5 Å². The summed E-state index contributed by atoms with van der Waals surface area (Å²) in [5.74, 6) is -1.18. The molecule has 0 aliphatic rings. The number of aryl methyl sites for hydroxylation is 1. The summed E-state index contributed by atoms with van der Waals surface area (Å²) < 4.78 is 28.6. The molecule has 0 aliphatic carbocycles. The van der Waals surface area contributed by atoms with Crippen molar-refractivity contribution in [2.75, 3.05) is 5.32 Å². The summed E-state index contributed by atoms with van der Waals surface area (Å²) in [5, 5.41) is 10.8. The minimum atomic E-state index is -0.816. The number of carbonyl (C=O) groups is 1. The Morgan fingerprint density at radius 2 is 1.93 bits per heavy atom. The molecule has 1 aromatic heterocycles. The first-order valence-electron chi connectivity index (χ1n) is 8.30. The normalized spacial score (nSPS) is 12.0. The molecule has 3 aromatic rings. The number of nitrogens with zero attached hydrogens (tertiary/aromatic N) is 3. The number of halogens is 2. The predicted molar refractivity (Wildman–Crippen MR) is 101 cm³/mol. The Morgan fingerprint density at radius 1 is 1.19 bits per heavy atom. The molecule has 0 saturated heterocycles. The van der Waals surface area contributed by atoms with Crippen molar-refractivity contribution in [3.8, 4) is 0 Å². The second kappa shape index (κ2) is 8.30. The van der Waals surface area contributed by atoms with Crippen molar-refractivity contribution in [1.29, 1.82) is 0 Å². The zero-order valence-electron chi connectivity index (χ0n) is 14.8. The molecule has 1 atom stereocenters. The van der Waals surface area contributed by atoms with E-state index in [9.17, 15) is 13.6 Å². The molecule has 0 unspecified atom stereocenters. The van der Waals surface area contributed by atoms with Crippen LogP contribution in [0.4, 0.5) is 14.5 Å². The quantitative estimate of drug-likeness (QED) is 0.648. The van der Waals surface area contributed by atoms with E-state index in [0.29, 0.717) is 11.7 Å². The van der Waals surface area contributed by atoms with Crippen LogP contribution in [0, 0.1) is 18.6 Å². The number of amides is 1. The van der Waals surface area contributed by atoms with Crippen molar-refractivity contribution in [3.63, 3.8) is 0 Å². The van der Waals surface area contributed by atoms with Gasteiger partial charge in [-0.1, -0.05) is 42.1 Å². The van der Waals surface area contributed by atoms with Crippen LogP contribution in [0.15, 0.2) is 53.7 Å². The van der Waals surface area contributed by atoms with Gasteiger partial charge in [-0.3, -0.25) is 4.79 Å². The fraction of sp³-hybridized carbons (Fsp3) is 0.211. The minimum Gasteiger partial charge on any atom is -0.323 e. The molecular weight excluding hydrogens is 370 g/mol.